The summed E-state index contributed by atoms with van der Waals surface area (Å²) in [6, 6.07) is 0. The topological polar surface area (TPSA) is 51.8 Å². The van der Waals surface area contributed by atoms with Crippen molar-refractivity contribution in [2.75, 3.05) is 5.73 Å². The monoisotopic (exact) mass is 319 g/mol. The van der Waals surface area contributed by atoms with Crippen LogP contribution in [0.1, 0.15) is 38.7 Å². The quantitative estimate of drug-likeness (QED) is 0.868. The van der Waals surface area contributed by atoms with Gasteiger partial charge in [0.05, 0.1) is 9.26 Å². The van der Waals surface area contributed by atoms with Gasteiger partial charge in [-0.25, -0.2) is 9.97 Å². The van der Waals surface area contributed by atoms with Gasteiger partial charge in [-0.15, -0.1) is 0 Å². The molecule has 0 saturated heterocycles. The lowest BCUT2D eigenvalue weighted by Crippen LogP contribution is -2.07. The maximum absolute atomic E-state index is 5.84. The van der Waals surface area contributed by atoms with E-state index in [1.54, 1.807) is 0 Å². The van der Waals surface area contributed by atoms with E-state index >= 15 is 0 Å². The Labute approximate surface area is 105 Å². The highest BCUT2D eigenvalue weighted by atomic mass is 127. The molecule has 1 rings (SSSR count). The van der Waals surface area contributed by atoms with Crippen molar-refractivity contribution in [2.24, 2.45) is 5.92 Å². The molecule has 0 amide bonds. The number of hydrogen-bond donors (Lipinski definition) is 1. The van der Waals surface area contributed by atoms with Crippen LogP contribution in [0.4, 0.5) is 5.82 Å². The Balaban J connectivity index is 2.86. The molecule has 84 valence electrons. The maximum Gasteiger partial charge on any atom is 0.140 e. The predicted octanol–water partition coefficient (Wildman–Crippen LogP) is 2.81. The lowest BCUT2D eigenvalue weighted by molar-refractivity contribution is 0.573. The SMILES string of the molecule is CCc1nc(CCC(C)C)nc(N)c1I. The van der Waals surface area contributed by atoms with Crippen LogP contribution in [0.2, 0.25) is 0 Å². The molecule has 15 heavy (non-hydrogen) atoms. The van der Waals surface area contributed by atoms with Gasteiger partial charge in [0.25, 0.3) is 0 Å². The summed E-state index contributed by atoms with van der Waals surface area (Å²) >= 11 is 2.21. The van der Waals surface area contributed by atoms with Crippen LogP contribution < -0.4 is 5.73 Å². The molecule has 1 aromatic rings. The zero-order valence-electron chi connectivity index (χ0n) is 9.55. The van der Waals surface area contributed by atoms with Crippen molar-refractivity contribution in [3.63, 3.8) is 0 Å². The second kappa shape index (κ2) is 5.63. The van der Waals surface area contributed by atoms with Gasteiger partial charge in [0, 0.05) is 6.42 Å². The first-order valence-corrected chi connectivity index (χ1v) is 6.43. The summed E-state index contributed by atoms with van der Waals surface area (Å²) in [6.07, 6.45) is 2.95. The van der Waals surface area contributed by atoms with E-state index in [1.165, 1.54) is 0 Å². The molecule has 1 heterocycles. The fourth-order valence-corrected chi connectivity index (χ4v) is 1.95. The molecule has 0 atom stereocenters. The van der Waals surface area contributed by atoms with Gasteiger partial charge in [-0.3, -0.25) is 0 Å². The Hall–Kier alpha value is -0.390. The average molecular weight is 319 g/mol. The fourth-order valence-electron chi connectivity index (χ4n) is 1.33. The van der Waals surface area contributed by atoms with Crippen LogP contribution in [-0.2, 0) is 12.8 Å². The summed E-state index contributed by atoms with van der Waals surface area (Å²) in [6.45, 7) is 6.50. The van der Waals surface area contributed by atoms with Crippen LogP contribution in [0.15, 0.2) is 0 Å². The highest BCUT2D eigenvalue weighted by Gasteiger charge is 2.08. The first-order valence-electron chi connectivity index (χ1n) is 5.35. The van der Waals surface area contributed by atoms with Crippen molar-refractivity contribution in [1.29, 1.82) is 0 Å². The Morgan fingerprint density at radius 2 is 2.00 bits per heavy atom. The molecule has 4 heteroatoms. The molecule has 0 radical (unpaired) electrons. The number of nitrogens with zero attached hydrogens (tertiary/aromatic N) is 2. The number of rotatable bonds is 4. The third-order valence-electron chi connectivity index (χ3n) is 2.27. The molecule has 0 fully saturated rings. The number of aromatic nitrogens is 2. The summed E-state index contributed by atoms with van der Waals surface area (Å²) in [4.78, 5) is 8.84. The molecule has 0 aliphatic heterocycles. The van der Waals surface area contributed by atoms with E-state index in [2.05, 4.69) is 53.3 Å². The summed E-state index contributed by atoms with van der Waals surface area (Å²) in [5, 5.41) is 0. The number of halogens is 1. The van der Waals surface area contributed by atoms with Gasteiger partial charge in [-0.1, -0.05) is 20.8 Å². The zero-order chi connectivity index (χ0) is 11.4. The fraction of sp³-hybridized carbons (Fsp3) is 0.636. The molecule has 0 aromatic carbocycles. The van der Waals surface area contributed by atoms with Gasteiger partial charge in [0.15, 0.2) is 0 Å². The summed E-state index contributed by atoms with van der Waals surface area (Å²) in [5.74, 6) is 2.19. The van der Waals surface area contributed by atoms with E-state index in [4.69, 9.17) is 5.73 Å². The van der Waals surface area contributed by atoms with Gasteiger partial charge in [0.2, 0.25) is 0 Å². The standard InChI is InChI=1S/C11H18IN3/c1-4-8-10(12)11(13)15-9(14-8)6-5-7(2)3/h7H,4-6H2,1-3H3,(H2,13,14,15). The van der Waals surface area contributed by atoms with Gasteiger partial charge in [0.1, 0.15) is 11.6 Å². The Morgan fingerprint density at radius 1 is 1.33 bits per heavy atom. The van der Waals surface area contributed by atoms with Crippen molar-refractivity contribution in [3.05, 3.63) is 15.1 Å². The Morgan fingerprint density at radius 3 is 2.53 bits per heavy atom. The van der Waals surface area contributed by atoms with E-state index < -0.39 is 0 Å². The van der Waals surface area contributed by atoms with E-state index in [9.17, 15) is 0 Å². The molecule has 0 spiro atoms. The number of anilines is 1. The number of aryl methyl sites for hydroxylation is 2. The molecular formula is C11H18IN3. The normalized spacial score (nSPS) is 11.0. The van der Waals surface area contributed by atoms with Gasteiger partial charge < -0.3 is 5.73 Å². The molecule has 0 aliphatic carbocycles. The van der Waals surface area contributed by atoms with E-state index in [0.29, 0.717) is 11.7 Å². The lowest BCUT2D eigenvalue weighted by Gasteiger charge is -2.08. The highest BCUT2D eigenvalue weighted by molar-refractivity contribution is 14.1. The molecule has 0 aliphatic rings. The van der Waals surface area contributed by atoms with Crippen LogP contribution in [0.5, 0.6) is 0 Å². The number of hydrogen-bond acceptors (Lipinski definition) is 3. The second-order valence-corrected chi connectivity index (χ2v) is 5.15. The highest BCUT2D eigenvalue weighted by Crippen LogP contribution is 2.17. The summed E-state index contributed by atoms with van der Waals surface area (Å²) < 4.78 is 1.00. The summed E-state index contributed by atoms with van der Waals surface area (Å²) in [5.41, 5.74) is 6.92. The Kier molecular flexibility index (Phi) is 4.76. The molecule has 0 saturated carbocycles. The van der Waals surface area contributed by atoms with E-state index in [-0.39, 0.29) is 0 Å². The van der Waals surface area contributed by atoms with E-state index in [0.717, 1.165) is 34.4 Å². The van der Waals surface area contributed by atoms with Crippen molar-refractivity contribution in [1.82, 2.24) is 9.97 Å². The minimum absolute atomic E-state index is 0.626. The van der Waals surface area contributed by atoms with E-state index in [1.807, 2.05) is 0 Å². The first kappa shape index (κ1) is 12.7. The van der Waals surface area contributed by atoms with Gasteiger partial charge in [-0.05, 0) is 41.4 Å². The van der Waals surface area contributed by atoms with Gasteiger partial charge >= 0.3 is 0 Å². The molecule has 0 unspecified atom stereocenters. The molecule has 1 aromatic heterocycles. The predicted molar refractivity (Wildman–Crippen MR) is 71.7 cm³/mol. The lowest BCUT2D eigenvalue weighted by atomic mass is 10.1. The van der Waals surface area contributed by atoms with Crippen molar-refractivity contribution < 1.29 is 0 Å². The Bertz CT molecular complexity index is 337. The smallest absolute Gasteiger partial charge is 0.140 e. The van der Waals surface area contributed by atoms with Crippen molar-refractivity contribution in [2.45, 2.75) is 40.0 Å². The first-order chi connectivity index (χ1) is 7.04. The van der Waals surface area contributed by atoms with Crippen molar-refractivity contribution in [3.8, 4) is 0 Å². The second-order valence-electron chi connectivity index (χ2n) is 4.07. The van der Waals surface area contributed by atoms with Crippen LogP contribution >= 0.6 is 22.6 Å². The zero-order valence-corrected chi connectivity index (χ0v) is 11.7. The minimum Gasteiger partial charge on any atom is -0.383 e. The van der Waals surface area contributed by atoms with Crippen LogP contribution in [-0.4, -0.2) is 9.97 Å². The largest absolute Gasteiger partial charge is 0.383 e. The number of nitrogen functional groups attached to an aromatic ring is 1. The van der Waals surface area contributed by atoms with Crippen LogP contribution in [0.25, 0.3) is 0 Å². The molecular weight excluding hydrogens is 301 g/mol. The number of nitrogens with two attached hydrogens (primary N) is 1. The maximum atomic E-state index is 5.84. The van der Waals surface area contributed by atoms with Crippen LogP contribution in [0, 0.1) is 9.49 Å². The average Bonchev–Trinajstić information content (AvgIpc) is 2.19. The third kappa shape index (κ3) is 3.59. The molecule has 0 bridgehead atoms. The summed E-state index contributed by atoms with van der Waals surface area (Å²) in [7, 11) is 0. The van der Waals surface area contributed by atoms with Crippen LogP contribution in [0.3, 0.4) is 0 Å². The van der Waals surface area contributed by atoms with Gasteiger partial charge in [-0.2, -0.15) is 0 Å². The third-order valence-corrected chi connectivity index (χ3v) is 3.45. The van der Waals surface area contributed by atoms with Crippen molar-refractivity contribution >= 4 is 28.4 Å². The molecule has 3 nitrogen and oxygen atoms in total. The molecule has 2 N–H and O–H groups in total. The minimum atomic E-state index is 0.626.